The van der Waals surface area contributed by atoms with Gasteiger partial charge in [-0.15, -0.1) is 0 Å². The van der Waals surface area contributed by atoms with Crippen molar-refractivity contribution in [2.45, 2.75) is 12.4 Å². The van der Waals surface area contributed by atoms with Crippen LogP contribution in [0.25, 0.3) is 12.2 Å². The molecule has 0 aliphatic rings. The second-order valence-electron chi connectivity index (χ2n) is 4.57. The molecule has 0 spiro atoms. The number of alkyl halides is 6. The van der Waals surface area contributed by atoms with Gasteiger partial charge in [-0.2, -0.15) is 26.3 Å². The molecule has 22 heavy (non-hydrogen) atoms. The maximum atomic E-state index is 12.4. The van der Waals surface area contributed by atoms with Crippen LogP contribution in [0.4, 0.5) is 26.3 Å². The minimum absolute atomic E-state index is 0.521. The Hall–Kier alpha value is -2.24. The fourth-order valence-corrected chi connectivity index (χ4v) is 1.76. The van der Waals surface area contributed by atoms with E-state index >= 15 is 0 Å². The Morgan fingerprint density at radius 2 is 0.773 bits per heavy atom. The molecule has 0 heterocycles. The normalized spacial score (nSPS) is 12.8. The summed E-state index contributed by atoms with van der Waals surface area (Å²) in [5.41, 5.74) is -0.459. The monoisotopic (exact) mass is 316 g/mol. The van der Waals surface area contributed by atoms with E-state index in [2.05, 4.69) is 0 Å². The molecule has 0 radical (unpaired) electrons. The zero-order chi connectivity index (χ0) is 16.4. The third-order valence-corrected chi connectivity index (χ3v) is 2.94. The first-order valence-electron chi connectivity index (χ1n) is 6.19. The predicted molar refractivity (Wildman–Crippen MR) is 71.8 cm³/mol. The minimum Gasteiger partial charge on any atom is -0.166 e. The van der Waals surface area contributed by atoms with E-state index in [4.69, 9.17) is 0 Å². The van der Waals surface area contributed by atoms with Crippen LogP contribution in [0.1, 0.15) is 22.3 Å². The van der Waals surface area contributed by atoms with Crippen LogP contribution < -0.4 is 0 Å². The molecule has 0 unspecified atom stereocenters. The molecule has 0 saturated carbocycles. The van der Waals surface area contributed by atoms with Crippen molar-refractivity contribution in [1.29, 1.82) is 0 Å². The number of hydrogen-bond acceptors (Lipinski definition) is 0. The molecule has 2 rings (SSSR count). The lowest BCUT2D eigenvalue weighted by Crippen LogP contribution is -2.04. The maximum Gasteiger partial charge on any atom is 0.416 e. The van der Waals surface area contributed by atoms with Crippen LogP contribution in [0, 0.1) is 0 Å². The summed E-state index contributed by atoms with van der Waals surface area (Å²) in [6.45, 7) is 0. The molecule has 0 saturated heterocycles. The molecule has 0 aliphatic carbocycles. The van der Waals surface area contributed by atoms with E-state index in [1.54, 1.807) is 0 Å². The largest absolute Gasteiger partial charge is 0.416 e. The van der Waals surface area contributed by atoms with Crippen molar-refractivity contribution in [2.75, 3.05) is 0 Å². The smallest absolute Gasteiger partial charge is 0.166 e. The second kappa shape index (κ2) is 5.87. The Bertz CT molecular complexity index is 586. The average molecular weight is 316 g/mol. The number of hydrogen-bond donors (Lipinski definition) is 0. The van der Waals surface area contributed by atoms with Crippen LogP contribution >= 0.6 is 0 Å². The van der Waals surface area contributed by atoms with Crippen molar-refractivity contribution in [3.8, 4) is 0 Å². The van der Waals surface area contributed by atoms with Crippen molar-refractivity contribution in [3.63, 3.8) is 0 Å². The summed E-state index contributed by atoms with van der Waals surface area (Å²) in [6, 6.07) is 8.98. The molecule has 116 valence electrons. The van der Waals surface area contributed by atoms with E-state index < -0.39 is 23.5 Å². The highest BCUT2D eigenvalue weighted by molar-refractivity contribution is 5.69. The molecule has 2 aromatic carbocycles. The Balaban J connectivity index is 2.12. The fraction of sp³-hybridized carbons (Fsp3) is 0.125. The van der Waals surface area contributed by atoms with Gasteiger partial charge in [-0.05, 0) is 35.4 Å². The summed E-state index contributed by atoms with van der Waals surface area (Å²) in [6.07, 6.45) is -5.73. The molecule has 2 aromatic rings. The molecule has 0 N–H and O–H groups in total. The van der Waals surface area contributed by atoms with E-state index in [0.717, 1.165) is 24.3 Å². The van der Waals surface area contributed by atoms with Crippen LogP contribution in [-0.2, 0) is 12.4 Å². The van der Waals surface area contributed by atoms with Crippen LogP contribution in [0.3, 0.4) is 0 Å². The van der Waals surface area contributed by atoms with Gasteiger partial charge in [-0.3, -0.25) is 0 Å². The van der Waals surface area contributed by atoms with Gasteiger partial charge in [-0.1, -0.05) is 36.4 Å². The Kier molecular flexibility index (Phi) is 4.30. The molecular formula is C16H10F6. The van der Waals surface area contributed by atoms with Gasteiger partial charge < -0.3 is 0 Å². The van der Waals surface area contributed by atoms with Crippen LogP contribution in [0.2, 0.25) is 0 Å². The van der Waals surface area contributed by atoms with Gasteiger partial charge in [0, 0.05) is 0 Å². The van der Waals surface area contributed by atoms with Crippen molar-refractivity contribution in [2.24, 2.45) is 0 Å². The molecule has 0 amide bonds. The lowest BCUT2D eigenvalue weighted by Gasteiger charge is -2.06. The average Bonchev–Trinajstić information content (AvgIpc) is 2.44. The summed E-state index contributed by atoms with van der Waals surface area (Å²) < 4.78 is 74.4. The summed E-state index contributed by atoms with van der Waals surface area (Å²) in [7, 11) is 0. The van der Waals surface area contributed by atoms with Gasteiger partial charge in [0.15, 0.2) is 0 Å². The van der Waals surface area contributed by atoms with Crippen LogP contribution in [-0.4, -0.2) is 0 Å². The van der Waals surface area contributed by atoms with Gasteiger partial charge in [0.05, 0.1) is 11.1 Å². The van der Waals surface area contributed by atoms with E-state index in [0.29, 0.717) is 11.1 Å². The zero-order valence-corrected chi connectivity index (χ0v) is 11.0. The first-order valence-corrected chi connectivity index (χ1v) is 6.19. The van der Waals surface area contributed by atoms with Crippen molar-refractivity contribution in [1.82, 2.24) is 0 Å². The van der Waals surface area contributed by atoms with Crippen LogP contribution in [0.5, 0.6) is 0 Å². The quantitative estimate of drug-likeness (QED) is 0.478. The molecule has 0 atom stereocenters. The zero-order valence-electron chi connectivity index (χ0n) is 11.0. The Morgan fingerprint density at radius 3 is 1.00 bits per heavy atom. The van der Waals surface area contributed by atoms with Gasteiger partial charge in [-0.25, -0.2) is 0 Å². The maximum absolute atomic E-state index is 12.4. The van der Waals surface area contributed by atoms with Gasteiger partial charge in [0.2, 0.25) is 0 Å². The topological polar surface area (TPSA) is 0 Å². The van der Waals surface area contributed by atoms with Crippen molar-refractivity contribution < 1.29 is 26.3 Å². The molecule has 0 fully saturated rings. The van der Waals surface area contributed by atoms with Crippen molar-refractivity contribution >= 4 is 12.2 Å². The number of rotatable bonds is 2. The van der Waals surface area contributed by atoms with Crippen LogP contribution in [0.15, 0.2) is 48.5 Å². The first-order chi connectivity index (χ1) is 10.2. The highest BCUT2D eigenvalue weighted by atomic mass is 19.4. The fourth-order valence-electron chi connectivity index (χ4n) is 1.76. The lowest BCUT2D eigenvalue weighted by molar-refractivity contribution is -0.138. The standard InChI is InChI=1S/C16H10F6/c17-15(18,19)13-7-3-11(4-8-13)1-2-12-5-9-14(10-6-12)16(20,21)22/h1-10H/b2-1-. The lowest BCUT2D eigenvalue weighted by atomic mass is 10.1. The molecule has 0 nitrogen and oxygen atoms in total. The summed E-state index contributed by atoms with van der Waals surface area (Å²) >= 11 is 0. The predicted octanol–water partition coefficient (Wildman–Crippen LogP) is 5.89. The third kappa shape index (κ3) is 4.13. The van der Waals surface area contributed by atoms with E-state index in [9.17, 15) is 26.3 Å². The SMILES string of the molecule is FC(F)(F)c1ccc(/C=C\c2ccc(C(F)(F)F)cc2)cc1. The third-order valence-electron chi connectivity index (χ3n) is 2.94. The minimum atomic E-state index is -4.39. The van der Waals surface area contributed by atoms with Crippen molar-refractivity contribution in [3.05, 3.63) is 70.8 Å². The number of benzene rings is 2. The molecule has 0 bridgehead atoms. The molecule has 0 aromatic heterocycles. The second-order valence-corrected chi connectivity index (χ2v) is 4.57. The molecule has 6 heteroatoms. The van der Waals surface area contributed by atoms with E-state index in [-0.39, 0.29) is 0 Å². The summed E-state index contributed by atoms with van der Waals surface area (Å²) in [5, 5.41) is 0. The highest BCUT2D eigenvalue weighted by Gasteiger charge is 2.30. The Labute approximate surface area is 122 Å². The van der Waals surface area contributed by atoms with E-state index in [1.807, 2.05) is 0 Å². The van der Waals surface area contributed by atoms with Gasteiger partial charge >= 0.3 is 12.4 Å². The number of halogens is 6. The van der Waals surface area contributed by atoms with E-state index in [1.165, 1.54) is 36.4 Å². The Morgan fingerprint density at radius 1 is 0.500 bits per heavy atom. The summed E-state index contributed by atoms with van der Waals surface area (Å²) in [4.78, 5) is 0. The van der Waals surface area contributed by atoms with Gasteiger partial charge in [0.1, 0.15) is 0 Å². The molecule has 0 aliphatic heterocycles. The first kappa shape index (κ1) is 16.1. The van der Waals surface area contributed by atoms with Gasteiger partial charge in [0.25, 0.3) is 0 Å². The summed E-state index contributed by atoms with van der Waals surface area (Å²) in [5.74, 6) is 0. The highest BCUT2D eigenvalue weighted by Crippen LogP contribution is 2.30. The molecular weight excluding hydrogens is 306 g/mol.